The fraction of sp³-hybridized carbons (Fsp3) is 0.176. The summed E-state index contributed by atoms with van der Waals surface area (Å²) in [4.78, 5) is 24.2. The van der Waals surface area contributed by atoms with Crippen LogP contribution < -0.4 is 10.9 Å². The molecule has 0 bridgehead atoms. The fourth-order valence-corrected chi connectivity index (χ4v) is 2.86. The molecule has 0 aliphatic heterocycles. The zero-order valence-electron chi connectivity index (χ0n) is 13.6. The molecule has 0 fully saturated rings. The lowest BCUT2D eigenvalue weighted by molar-refractivity contribution is 0.0846. The minimum absolute atomic E-state index is 0.0378. The van der Waals surface area contributed by atoms with E-state index in [1.807, 2.05) is 13.0 Å². The maximum absolute atomic E-state index is 12.1. The first-order chi connectivity index (χ1) is 11.2. The van der Waals surface area contributed by atoms with Crippen LogP contribution in [0.15, 0.2) is 47.4 Å². The Labute approximate surface area is 140 Å². The summed E-state index contributed by atoms with van der Waals surface area (Å²) < 4.78 is 23.0. The van der Waals surface area contributed by atoms with E-state index in [4.69, 9.17) is 0 Å². The first-order valence-corrected chi connectivity index (χ1v) is 9.05. The first-order valence-electron chi connectivity index (χ1n) is 7.16. The maximum Gasteiger partial charge on any atom is 0.269 e. The Bertz CT molecular complexity index is 905. The van der Waals surface area contributed by atoms with Gasteiger partial charge in [-0.1, -0.05) is 23.8 Å². The number of benzene rings is 2. The third kappa shape index (κ3) is 4.20. The summed E-state index contributed by atoms with van der Waals surface area (Å²) in [5.74, 6) is -1.04. The fourth-order valence-electron chi connectivity index (χ4n) is 2.19. The molecule has 2 amide bonds. The van der Waals surface area contributed by atoms with Crippen molar-refractivity contribution < 1.29 is 18.0 Å². The van der Waals surface area contributed by atoms with Crippen molar-refractivity contribution in [2.75, 3.05) is 6.26 Å². The van der Waals surface area contributed by atoms with E-state index in [-0.39, 0.29) is 10.5 Å². The predicted octanol–water partition coefficient (Wildman–Crippen LogP) is 1.78. The van der Waals surface area contributed by atoms with Gasteiger partial charge in [-0.05, 0) is 43.7 Å². The van der Waals surface area contributed by atoms with Gasteiger partial charge in [0.2, 0.25) is 0 Å². The van der Waals surface area contributed by atoms with E-state index in [2.05, 4.69) is 10.9 Å². The van der Waals surface area contributed by atoms with Gasteiger partial charge < -0.3 is 0 Å². The molecule has 24 heavy (non-hydrogen) atoms. The first kappa shape index (κ1) is 17.7. The quantitative estimate of drug-likeness (QED) is 0.829. The van der Waals surface area contributed by atoms with Crippen molar-refractivity contribution in [2.24, 2.45) is 0 Å². The topological polar surface area (TPSA) is 92.3 Å². The van der Waals surface area contributed by atoms with Gasteiger partial charge in [-0.2, -0.15) is 0 Å². The molecule has 126 valence electrons. The third-order valence-corrected chi connectivity index (χ3v) is 4.55. The van der Waals surface area contributed by atoms with Crippen LogP contribution in [-0.2, 0) is 9.84 Å². The molecule has 0 spiro atoms. The zero-order chi connectivity index (χ0) is 17.9. The highest BCUT2D eigenvalue weighted by molar-refractivity contribution is 7.90. The number of amides is 2. The van der Waals surface area contributed by atoms with Crippen LogP contribution in [0, 0.1) is 13.8 Å². The lowest BCUT2D eigenvalue weighted by atomic mass is 10.1. The van der Waals surface area contributed by atoms with Crippen molar-refractivity contribution in [3.63, 3.8) is 0 Å². The highest BCUT2D eigenvalue weighted by Crippen LogP contribution is 2.12. The average molecular weight is 346 g/mol. The number of aryl methyl sites for hydroxylation is 2. The van der Waals surface area contributed by atoms with Gasteiger partial charge >= 0.3 is 0 Å². The molecule has 0 saturated heterocycles. The standard InChI is InChI=1S/C17H18N2O4S/c1-11-7-8-15(12(2)9-11)17(21)19-18-16(20)13-5-4-6-14(10-13)24(3,22)23/h4-10H,1-3H3,(H,18,20)(H,19,21). The van der Waals surface area contributed by atoms with Crippen molar-refractivity contribution >= 4 is 21.7 Å². The number of carbonyl (C=O) groups excluding carboxylic acids is 2. The Kier molecular flexibility index (Phi) is 5.04. The van der Waals surface area contributed by atoms with E-state index >= 15 is 0 Å². The molecule has 0 aromatic heterocycles. The second-order valence-electron chi connectivity index (χ2n) is 5.53. The summed E-state index contributed by atoms with van der Waals surface area (Å²) >= 11 is 0. The predicted molar refractivity (Wildman–Crippen MR) is 90.4 cm³/mol. The summed E-state index contributed by atoms with van der Waals surface area (Å²) in [5, 5.41) is 0. The molecule has 0 saturated carbocycles. The van der Waals surface area contributed by atoms with Crippen molar-refractivity contribution in [3.8, 4) is 0 Å². The van der Waals surface area contributed by atoms with Crippen LogP contribution in [0.4, 0.5) is 0 Å². The van der Waals surface area contributed by atoms with Crippen LogP contribution in [0.2, 0.25) is 0 Å². The molecule has 0 atom stereocenters. The van der Waals surface area contributed by atoms with E-state index in [0.29, 0.717) is 5.56 Å². The van der Waals surface area contributed by atoms with E-state index in [1.54, 1.807) is 19.1 Å². The second-order valence-corrected chi connectivity index (χ2v) is 7.54. The molecule has 2 aromatic rings. The molecule has 2 rings (SSSR count). The van der Waals surface area contributed by atoms with Gasteiger partial charge in [-0.25, -0.2) is 8.42 Å². The SMILES string of the molecule is Cc1ccc(C(=O)NNC(=O)c2cccc(S(C)(=O)=O)c2)c(C)c1. The molecule has 0 unspecified atom stereocenters. The van der Waals surface area contributed by atoms with Gasteiger partial charge in [0.1, 0.15) is 0 Å². The molecular formula is C17H18N2O4S. The molecule has 0 heterocycles. The minimum Gasteiger partial charge on any atom is -0.267 e. The van der Waals surface area contributed by atoms with Gasteiger partial charge in [0.25, 0.3) is 11.8 Å². The second kappa shape index (κ2) is 6.84. The highest BCUT2D eigenvalue weighted by Gasteiger charge is 2.13. The molecule has 0 radical (unpaired) electrons. The number of carbonyl (C=O) groups is 2. The van der Waals surface area contributed by atoms with Crippen LogP contribution in [0.5, 0.6) is 0 Å². The lowest BCUT2D eigenvalue weighted by Crippen LogP contribution is -2.41. The zero-order valence-corrected chi connectivity index (χ0v) is 14.4. The van der Waals surface area contributed by atoms with Crippen LogP contribution in [0.1, 0.15) is 31.8 Å². The summed E-state index contributed by atoms with van der Waals surface area (Å²) in [6, 6.07) is 10.9. The Morgan fingerprint density at radius 1 is 0.917 bits per heavy atom. The average Bonchev–Trinajstić information content (AvgIpc) is 2.51. The molecule has 7 heteroatoms. The van der Waals surface area contributed by atoms with E-state index in [1.165, 1.54) is 24.3 Å². The van der Waals surface area contributed by atoms with E-state index in [0.717, 1.165) is 17.4 Å². The van der Waals surface area contributed by atoms with Crippen LogP contribution >= 0.6 is 0 Å². The number of hydrazine groups is 1. The number of hydrogen-bond donors (Lipinski definition) is 2. The lowest BCUT2D eigenvalue weighted by Gasteiger charge is -2.10. The van der Waals surface area contributed by atoms with Crippen LogP contribution in [-0.4, -0.2) is 26.5 Å². The van der Waals surface area contributed by atoms with Crippen LogP contribution in [0.3, 0.4) is 0 Å². The Morgan fingerprint density at radius 2 is 1.58 bits per heavy atom. The molecule has 2 aromatic carbocycles. The monoisotopic (exact) mass is 346 g/mol. The number of nitrogens with one attached hydrogen (secondary N) is 2. The van der Waals surface area contributed by atoms with Crippen molar-refractivity contribution in [1.82, 2.24) is 10.9 Å². The molecule has 0 aliphatic carbocycles. The summed E-state index contributed by atoms with van der Waals surface area (Å²) in [6.45, 7) is 3.73. The van der Waals surface area contributed by atoms with Gasteiger partial charge in [-0.15, -0.1) is 0 Å². The largest absolute Gasteiger partial charge is 0.269 e. The smallest absolute Gasteiger partial charge is 0.267 e. The van der Waals surface area contributed by atoms with Gasteiger partial charge in [0.05, 0.1) is 4.90 Å². The minimum atomic E-state index is -3.41. The third-order valence-electron chi connectivity index (χ3n) is 3.44. The van der Waals surface area contributed by atoms with Gasteiger partial charge in [0, 0.05) is 17.4 Å². The summed E-state index contributed by atoms with van der Waals surface area (Å²) in [6.07, 6.45) is 1.06. The Balaban J connectivity index is 2.09. The molecule has 2 N–H and O–H groups in total. The van der Waals surface area contributed by atoms with Crippen molar-refractivity contribution in [1.29, 1.82) is 0 Å². The normalized spacial score (nSPS) is 11.0. The maximum atomic E-state index is 12.1. The van der Waals surface area contributed by atoms with Crippen LogP contribution in [0.25, 0.3) is 0 Å². The van der Waals surface area contributed by atoms with E-state index < -0.39 is 21.7 Å². The number of sulfone groups is 1. The van der Waals surface area contributed by atoms with Crippen molar-refractivity contribution in [3.05, 3.63) is 64.7 Å². The number of hydrogen-bond acceptors (Lipinski definition) is 4. The Morgan fingerprint density at radius 3 is 2.21 bits per heavy atom. The molecule has 0 aliphatic rings. The van der Waals surface area contributed by atoms with E-state index in [9.17, 15) is 18.0 Å². The summed E-state index contributed by atoms with van der Waals surface area (Å²) in [5.41, 5.74) is 7.03. The van der Waals surface area contributed by atoms with Crippen molar-refractivity contribution in [2.45, 2.75) is 18.7 Å². The molecule has 6 nitrogen and oxygen atoms in total. The summed E-state index contributed by atoms with van der Waals surface area (Å²) in [7, 11) is -3.41. The number of rotatable bonds is 3. The highest BCUT2D eigenvalue weighted by atomic mass is 32.2. The molecular weight excluding hydrogens is 328 g/mol. The Hall–Kier alpha value is -2.67. The van der Waals surface area contributed by atoms with Gasteiger partial charge in [0.15, 0.2) is 9.84 Å². The van der Waals surface area contributed by atoms with Gasteiger partial charge in [-0.3, -0.25) is 20.4 Å².